The zero-order chi connectivity index (χ0) is 14.0. The van der Waals surface area contributed by atoms with Gasteiger partial charge in [0, 0.05) is 10.9 Å². The normalized spacial score (nSPS) is 24.4. The van der Waals surface area contributed by atoms with Gasteiger partial charge in [-0.15, -0.1) is 0 Å². The molecule has 0 aromatic heterocycles. The van der Waals surface area contributed by atoms with Gasteiger partial charge in [-0.25, -0.2) is 13.1 Å². The topological polar surface area (TPSA) is 46.2 Å². The van der Waals surface area contributed by atoms with Crippen LogP contribution in [0.15, 0.2) is 23.1 Å². The fourth-order valence-corrected chi connectivity index (χ4v) is 4.61. The van der Waals surface area contributed by atoms with E-state index in [4.69, 9.17) is 0 Å². The van der Waals surface area contributed by atoms with Crippen molar-refractivity contribution in [1.29, 1.82) is 0 Å². The summed E-state index contributed by atoms with van der Waals surface area (Å²) >= 11 is 3.58. The molecule has 5 heteroatoms. The van der Waals surface area contributed by atoms with Gasteiger partial charge in [-0.3, -0.25) is 0 Å². The molecule has 0 amide bonds. The maximum Gasteiger partial charge on any atom is 0.241 e. The second-order valence-corrected chi connectivity index (χ2v) is 8.32. The maximum atomic E-state index is 12.4. The molecular weight excluding hydrogens is 326 g/mol. The second kappa shape index (κ2) is 5.94. The van der Waals surface area contributed by atoms with Gasteiger partial charge in [0.15, 0.2) is 0 Å². The lowest BCUT2D eigenvalue weighted by molar-refractivity contribution is 0.422. The van der Waals surface area contributed by atoms with Gasteiger partial charge in [0.2, 0.25) is 10.0 Å². The van der Waals surface area contributed by atoms with Crippen LogP contribution >= 0.6 is 15.9 Å². The molecule has 0 atom stereocenters. The molecular formula is C14H20BrNO2S. The van der Waals surface area contributed by atoms with Crippen molar-refractivity contribution in [3.63, 3.8) is 0 Å². The van der Waals surface area contributed by atoms with Gasteiger partial charge >= 0.3 is 0 Å². The van der Waals surface area contributed by atoms with E-state index in [1.165, 1.54) is 0 Å². The maximum absolute atomic E-state index is 12.4. The zero-order valence-corrected chi connectivity index (χ0v) is 13.7. The van der Waals surface area contributed by atoms with E-state index in [1.807, 2.05) is 26.0 Å². The summed E-state index contributed by atoms with van der Waals surface area (Å²) in [6, 6.07) is 5.52. The van der Waals surface area contributed by atoms with Crippen LogP contribution in [0.4, 0.5) is 0 Å². The molecule has 0 heterocycles. The van der Waals surface area contributed by atoms with Crippen molar-refractivity contribution < 1.29 is 8.42 Å². The number of rotatable bonds is 3. The Morgan fingerprint density at radius 2 is 1.79 bits per heavy atom. The third-order valence-electron chi connectivity index (χ3n) is 3.60. The Labute approximate surface area is 124 Å². The number of halogens is 1. The van der Waals surface area contributed by atoms with Gasteiger partial charge in [-0.2, -0.15) is 0 Å². The van der Waals surface area contributed by atoms with Crippen LogP contribution in [0, 0.1) is 13.8 Å². The number of hydrogen-bond acceptors (Lipinski definition) is 2. The summed E-state index contributed by atoms with van der Waals surface area (Å²) in [6.07, 6.45) is 3.86. The summed E-state index contributed by atoms with van der Waals surface area (Å²) in [5.74, 6) is 0. The van der Waals surface area contributed by atoms with Crippen molar-refractivity contribution >= 4 is 26.0 Å². The first-order valence-electron chi connectivity index (χ1n) is 6.62. The molecule has 0 spiro atoms. The van der Waals surface area contributed by atoms with Crippen LogP contribution in [-0.2, 0) is 10.0 Å². The minimum Gasteiger partial charge on any atom is -0.208 e. The Morgan fingerprint density at radius 1 is 1.16 bits per heavy atom. The van der Waals surface area contributed by atoms with Gasteiger partial charge in [0.1, 0.15) is 0 Å². The summed E-state index contributed by atoms with van der Waals surface area (Å²) in [5, 5.41) is 0. The summed E-state index contributed by atoms with van der Waals surface area (Å²) in [6.45, 7) is 3.81. The van der Waals surface area contributed by atoms with E-state index in [-0.39, 0.29) is 6.04 Å². The summed E-state index contributed by atoms with van der Waals surface area (Å²) in [5.41, 5.74) is 1.89. The average Bonchev–Trinajstić information content (AvgIpc) is 2.31. The Balaban J connectivity index is 2.14. The molecule has 1 aliphatic rings. The smallest absolute Gasteiger partial charge is 0.208 e. The fourth-order valence-electron chi connectivity index (χ4n) is 2.55. The quantitative estimate of drug-likeness (QED) is 0.854. The van der Waals surface area contributed by atoms with Crippen LogP contribution in [0.1, 0.15) is 36.8 Å². The molecule has 1 aromatic rings. The van der Waals surface area contributed by atoms with Crippen LogP contribution in [0.3, 0.4) is 0 Å². The number of hydrogen-bond donors (Lipinski definition) is 1. The standard InChI is InChI=1S/C14H20BrNO2S/c1-10-3-8-14(11(2)9-10)19(17,18)16-13-6-4-12(15)5-7-13/h3,8-9,12-13,16H,4-7H2,1-2H3. The van der Waals surface area contributed by atoms with Gasteiger partial charge in [-0.05, 0) is 51.2 Å². The van der Waals surface area contributed by atoms with Crippen molar-refractivity contribution in [1.82, 2.24) is 4.72 Å². The highest BCUT2D eigenvalue weighted by atomic mass is 79.9. The molecule has 106 valence electrons. The molecule has 0 saturated heterocycles. The van der Waals surface area contributed by atoms with Crippen molar-refractivity contribution in [3.8, 4) is 0 Å². The van der Waals surface area contributed by atoms with Crippen molar-refractivity contribution in [2.75, 3.05) is 0 Å². The van der Waals surface area contributed by atoms with E-state index in [0.717, 1.165) is 36.8 Å². The van der Waals surface area contributed by atoms with Gasteiger partial charge in [-0.1, -0.05) is 33.6 Å². The predicted molar refractivity (Wildman–Crippen MR) is 81.2 cm³/mol. The van der Waals surface area contributed by atoms with Crippen LogP contribution in [0.2, 0.25) is 0 Å². The number of nitrogens with one attached hydrogen (secondary N) is 1. The molecule has 0 bridgehead atoms. The molecule has 1 saturated carbocycles. The summed E-state index contributed by atoms with van der Waals surface area (Å²) < 4.78 is 27.6. The first kappa shape index (κ1) is 15.0. The summed E-state index contributed by atoms with van der Waals surface area (Å²) in [4.78, 5) is 0.938. The fraction of sp³-hybridized carbons (Fsp3) is 0.571. The van der Waals surface area contributed by atoms with Crippen LogP contribution in [0.25, 0.3) is 0 Å². The highest BCUT2D eigenvalue weighted by Gasteiger charge is 2.25. The molecule has 1 aliphatic carbocycles. The SMILES string of the molecule is Cc1ccc(S(=O)(=O)NC2CCC(Br)CC2)c(C)c1. The second-order valence-electron chi connectivity index (χ2n) is 5.34. The summed E-state index contributed by atoms with van der Waals surface area (Å²) in [7, 11) is -3.39. The number of aryl methyl sites for hydroxylation is 2. The molecule has 3 nitrogen and oxygen atoms in total. The van der Waals surface area contributed by atoms with E-state index >= 15 is 0 Å². The van der Waals surface area contributed by atoms with E-state index in [2.05, 4.69) is 20.7 Å². The first-order valence-corrected chi connectivity index (χ1v) is 9.02. The largest absolute Gasteiger partial charge is 0.241 e. The van der Waals surface area contributed by atoms with Crippen LogP contribution < -0.4 is 4.72 Å². The third kappa shape index (κ3) is 3.80. The predicted octanol–water partition coefficient (Wildman–Crippen LogP) is 3.29. The lowest BCUT2D eigenvalue weighted by atomic mass is 9.96. The number of sulfonamides is 1. The lowest BCUT2D eigenvalue weighted by Gasteiger charge is -2.26. The Kier molecular flexibility index (Phi) is 4.69. The lowest BCUT2D eigenvalue weighted by Crippen LogP contribution is -2.38. The van der Waals surface area contributed by atoms with Crippen molar-refractivity contribution in [2.45, 2.75) is 55.3 Å². The minimum absolute atomic E-state index is 0.0690. The Bertz CT molecular complexity index is 549. The van der Waals surface area contributed by atoms with Crippen molar-refractivity contribution in [3.05, 3.63) is 29.3 Å². The average molecular weight is 346 g/mol. The van der Waals surface area contributed by atoms with Gasteiger partial charge in [0.25, 0.3) is 0 Å². The van der Waals surface area contributed by atoms with Gasteiger partial charge < -0.3 is 0 Å². The Hall–Kier alpha value is -0.390. The molecule has 1 N–H and O–H groups in total. The van der Waals surface area contributed by atoms with E-state index < -0.39 is 10.0 Å². The van der Waals surface area contributed by atoms with E-state index in [1.54, 1.807) is 6.07 Å². The number of alkyl halides is 1. The molecule has 0 unspecified atom stereocenters. The van der Waals surface area contributed by atoms with Crippen LogP contribution in [0.5, 0.6) is 0 Å². The third-order valence-corrected chi connectivity index (χ3v) is 6.19. The highest BCUT2D eigenvalue weighted by molar-refractivity contribution is 9.09. The molecule has 0 radical (unpaired) electrons. The molecule has 2 rings (SSSR count). The van der Waals surface area contributed by atoms with Gasteiger partial charge in [0.05, 0.1) is 4.90 Å². The van der Waals surface area contributed by atoms with Crippen LogP contribution in [-0.4, -0.2) is 19.3 Å². The first-order chi connectivity index (χ1) is 8.88. The molecule has 0 aliphatic heterocycles. The highest BCUT2D eigenvalue weighted by Crippen LogP contribution is 2.26. The molecule has 1 aromatic carbocycles. The zero-order valence-electron chi connectivity index (χ0n) is 11.3. The van der Waals surface area contributed by atoms with E-state index in [0.29, 0.717) is 9.72 Å². The number of benzene rings is 1. The van der Waals surface area contributed by atoms with E-state index in [9.17, 15) is 8.42 Å². The molecule has 19 heavy (non-hydrogen) atoms. The van der Waals surface area contributed by atoms with Crippen molar-refractivity contribution in [2.24, 2.45) is 0 Å². The molecule has 1 fully saturated rings. The minimum atomic E-state index is -3.39. The monoisotopic (exact) mass is 345 g/mol. The Morgan fingerprint density at radius 3 is 2.37 bits per heavy atom.